The van der Waals surface area contributed by atoms with Gasteiger partial charge in [-0.25, -0.2) is 4.79 Å². The van der Waals surface area contributed by atoms with Crippen LogP contribution in [0.4, 0.5) is 5.69 Å². The van der Waals surface area contributed by atoms with Gasteiger partial charge in [-0.1, -0.05) is 0 Å². The van der Waals surface area contributed by atoms with Gasteiger partial charge in [0.2, 0.25) is 0 Å². The van der Waals surface area contributed by atoms with Crippen molar-refractivity contribution in [2.24, 2.45) is 0 Å². The third-order valence-corrected chi connectivity index (χ3v) is 3.11. The summed E-state index contributed by atoms with van der Waals surface area (Å²) in [6.45, 7) is 3.27. The molecule has 0 aromatic heterocycles. The number of anilines is 1. The van der Waals surface area contributed by atoms with Crippen molar-refractivity contribution < 1.29 is 19.4 Å². The lowest BCUT2D eigenvalue weighted by Crippen LogP contribution is -2.48. The molecule has 1 N–H and O–H groups in total. The summed E-state index contributed by atoms with van der Waals surface area (Å²) in [7, 11) is 4.83. The number of benzene rings is 1. The van der Waals surface area contributed by atoms with E-state index in [1.807, 2.05) is 0 Å². The number of carboxylic acid groups (broad SMARTS) is 1. The topological polar surface area (TPSA) is 59.0 Å². The Labute approximate surface area is 107 Å². The van der Waals surface area contributed by atoms with Crippen LogP contribution in [-0.2, 0) is 4.79 Å². The lowest BCUT2D eigenvalue weighted by atomic mass is 10.0. The van der Waals surface area contributed by atoms with E-state index in [2.05, 4.69) is 0 Å². The van der Waals surface area contributed by atoms with Crippen LogP contribution in [0.25, 0.3) is 0 Å². The molecule has 0 amide bonds. The summed E-state index contributed by atoms with van der Waals surface area (Å²) in [5, 5.41) is 9.25. The van der Waals surface area contributed by atoms with Crippen molar-refractivity contribution in [1.82, 2.24) is 0 Å². The molecule has 1 aromatic carbocycles. The third kappa shape index (κ3) is 2.50. The molecule has 18 heavy (non-hydrogen) atoms. The van der Waals surface area contributed by atoms with E-state index < -0.39 is 11.5 Å². The normalized spacial score (nSPS) is 10.9. The zero-order valence-corrected chi connectivity index (χ0v) is 11.4. The smallest absolute Gasteiger partial charge is 0.328 e. The Hall–Kier alpha value is -1.91. The molecule has 0 atom stereocenters. The Morgan fingerprint density at radius 3 is 2.33 bits per heavy atom. The third-order valence-electron chi connectivity index (χ3n) is 3.11. The monoisotopic (exact) mass is 253 g/mol. The fourth-order valence-corrected chi connectivity index (χ4v) is 1.50. The average molecular weight is 253 g/mol. The van der Waals surface area contributed by atoms with Crippen LogP contribution in [0.15, 0.2) is 18.2 Å². The molecule has 0 fully saturated rings. The van der Waals surface area contributed by atoms with Gasteiger partial charge in [0.1, 0.15) is 17.0 Å². The van der Waals surface area contributed by atoms with Gasteiger partial charge in [0.05, 0.1) is 19.9 Å². The lowest BCUT2D eigenvalue weighted by Gasteiger charge is -2.34. The Balaban J connectivity index is 3.26. The Morgan fingerprint density at radius 1 is 1.28 bits per heavy atom. The minimum absolute atomic E-state index is 0.604. The molecule has 0 unspecified atom stereocenters. The van der Waals surface area contributed by atoms with Gasteiger partial charge in [0.25, 0.3) is 0 Å². The highest BCUT2D eigenvalue weighted by atomic mass is 16.5. The van der Waals surface area contributed by atoms with E-state index in [1.54, 1.807) is 58.2 Å². The number of methoxy groups -OCH3 is 2. The predicted molar refractivity (Wildman–Crippen MR) is 69.7 cm³/mol. The SMILES string of the molecule is COc1ccc(OC)c(N(C)C(C)(C)C(=O)O)c1. The van der Waals surface area contributed by atoms with Crippen LogP contribution in [0, 0.1) is 0 Å². The average Bonchev–Trinajstić information content (AvgIpc) is 2.36. The number of carbonyl (C=O) groups is 1. The quantitative estimate of drug-likeness (QED) is 0.869. The van der Waals surface area contributed by atoms with Gasteiger partial charge in [-0.2, -0.15) is 0 Å². The zero-order chi connectivity index (χ0) is 13.9. The van der Waals surface area contributed by atoms with Crippen molar-refractivity contribution in [3.05, 3.63) is 18.2 Å². The minimum atomic E-state index is -1.04. The van der Waals surface area contributed by atoms with Crippen molar-refractivity contribution in [1.29, 1.82) is 0 Å². The first-order valence-electron chi connectivity index (χ1n) is 5.53. The summed E-state index contributed by atoms with van der Waals surface area (Å²) in [4.78, 5) is 12.9. The number of hydrogen-bond donors (Lipinski definition) is 1. The first-order chi connectivity index (χ1) is 8.34. The molecule has 1 aromatic rings. The molecule has 0 heterocycles. The largest absolute Gasteiger partial charge is 0.497 e. The van der Waals surface area contributed by atoms with E-state index in [-0.39, 0.29) is 0 Å². The predicted octanol–water partition coefficient (Wildman–Crippen LogP) is 2.00. The standard InChI is InChI=1S/C13H19NO4/c1-13(2,12(15)16)14(3)10-8-9(17-4)6-7-11(10)18-5/h6-8H,1-5H3,(H,15,16). The maximum Gasteiger partial charge on any atom is 0.328 e. The molecule has 1 rings (SSSR count). The molecule has 0 aliphatic carbocycles. The number of carboxylic acids is 1. The van der Waals surface area contributed by atoms with Gasteiger partial charge < -0.3 is 19.5 Å². The Bertz CT molecular complexity index is 443. The van der Waals surface area contributed by atoms with E-state index >= 15 is 0 Å². The molecule has 0 spiro atoms. The van der Waals surface area contributed by atoms with Gasteiger partial charge in [-0.3, -0.25) is 0 Å². The van der Waals surface area contributed by atoms with Gasteiger partial charge in [0, 0.05) is 13.1 Å². The van der Waals surface area contributed by atoms with E-state index in [0.29, 0.717) is 17.2 Å². The Kier molecular flexibility index (Phi) is 4.06. The number of nitrogens with zero attached hydrogens (tertiary/aromatic N) is 1. The van der Waals surface area contributed by atoms with Crippen LogP contribution in [0.1, 0.15) is 13.8 Å². The molecule has 0 aliphatic rings. The molecular weight excluding hydrogens is 234 g/mol. The molecule has 0 saturated heterocycles. The highest BCUT2D eigenvalue weighted by Crippen LogP contribution is 2.35. The summed E-state index contributed by atoms with van der Waals surface area (Å²) in [6.07, 6.45) is 0. The molecule has 0 radical (unpaired) electrons. The van der Waals surface area contributed by atoms with Crippen molar-refractivity contribution in [3.63, 3.8) is 0 Å². The minimum Gasteiger partial charge on any atom is -0.497 e. The molecular formula is C13H19NO4. The van der Waals surface area contributed by atoms with Gasteiger partial charge in [-0.15, -0.1) is 0 Å². The van der Waals surface area contributed by atoms with Crippen molar-refractivity contribution >= 4 is 11.7 Å². The molecule has 0 aliphatic heterocycles. The second-order valence-electron chi connectivity index (χ2n) is 4.46. The van der Waals surface area contributed by atoms with Crippen molar-refractivity contribution in [2.75, 3.05) is 26.2 Å². The summed E-state index contributed by atoms with van der Waals surface area (Å²) in [6, 6.07) is 5.27. The first-order valence-corrected chi connectivity index (χ1v) is 5.53. The van der Waals surface area contributed by atoms with Crippen LogP contribution in [0.5, 0.6) is 11.5 Å². The summed E-state index contributed by atoms with van der Waals surface area (Å²) < 4.78 is 10.4. The van der Waals surface area contributed by atoms with Crippen LogP contribution in [0.3, 0.4) is 0 Å². The van der Waals surface area contributed by atoms with Crippen LogP contribution >= 0.6 is 0 Å². The van der Waals surface area contributed by atoms with Crippen molar-refractivity contribution in [3.8, 4) is 11.5 Å². The molecule has 100 valence electrons. The molecule has 5 heteroatoms. The second-order valence-corrected chi connectivity index (χ2v) is 4.46. The van der Waals surface area contributed by atoms with E-state index in [1.165, 1.54) is 0 Å². The van der Waals surface area contributed by atoms with E-state index in [9.17, 15) is 9.90 Å². The van der Waals surface area contributed by atoms with E-state index in [4.69, 9.17) is 9.47 Å². The van der Waals surface area contributed by atoms with Crippen LogP contribution in [0.2, 0.25) is 0 Å². The Morgan fingerprint density at radius 2 is 1.89 bits per heavy atom. The number of aliphatic carboxylic acids is 1. The van der Waals surface area contributed by atoms with Crippen LogP contribution < -0.4 is 14.4 Å². The summed E-state index contributed by atoms with van der Waals surface area (Å²) >= 11 is 0. The maximum absolute atomic E-state index is 11.3. The number of ether oxygens (including phenoxy) is 2. The summed E-state index contributed by atoms with van der Waals surface area (Å²) in [5.74, 6) is 0.348. The molecule has 0 saturated carbocycles. The van der Waals surface area contributed by atoms with Crippen LogP contribution in [-0.4, -0.2) is 37.9 Å². The highest BCUT2D eigenvalue weighted by Gasteiger charge is 2.33. The second kappa shape index (κ2) is 5.16. The van der Waals surface area contributed by atoms with E-state index in [0.717, 1.165) is 0 Å². The fourth-order valence-electron chi connectivity index (χ4n) is 1.50. The lowest BCUT2D eigenvalue weighted by molar-refractivity contribution is -0.142. The molecule has 0 bridgehead atoms. The summed E-state index contributed by atoms with van der Waals surface area (Å²) in [5.41, 5.74) is -0.371. The fraction of sp³-hybridized carbons (Fsp3) is 0.462. The molecule has 5 nitrogen and oxygen atoms in total. The zero-order valence-electron chi connectivity index (χ0n) is 11.4. The van der Waals surface area contributed by atoms with Crippen molar-refractivity contribution in [2.45, 2.75) is 19.4 Å². The number of likely N-dealkylation sites (N-methyl/N-ethyl adjacent to an activating group) is 1. The first kappa shape index (κ1) is 14.2. The van der Waals surface area contributed by atoms with Gasteiger partial charge in [0.15, 0.2) is 0 Å². The number of hydrogen-bond acceptors (Lipinski definition) is 4. The highest BCUT2D eigenvalue weighted by molar-refractivity contribution is 5.83. The van der Waals surface area contributed by atoms with Gasteiger partial charge in [-0.05, 0) is 26.0 Å². The maximum atomic E-state index is 11.3. The number of rotatable bonds is 5. The van der Waals surface area contributed by atoms with Gasteiger partial charge >= 0.3 is 5.97 Å².